The van der Waals surface area contributed by atoms with Gasteiger partial charge in [-0.05, 0) is 18.0 Å². The summed E-state index contributed by atoms with van der Waals surface area (Å²) in [6.45, 7) is 6.34. The van der Waals surface area contributed by atoms with Gasteiger partial charge in [-0.25, -0.2) is 0 Å². The summed E-state index contributed by atoms with van der Waals surface area (Å²) < 4.78 is 0. The summed E-state index contributed by atoms with van der Waals surface area (Å²) in [5.41, 5.74) is 1.38. The lowest BCUT2D eigenvalue weighted by Gasteiger charge is -2.05. The molecule has 0 aliphatic carbocycles. The number of hydrogen-bond donors (Lipinski definition) is 1. The Morgan fingerprint density at radius 3 is 2.64 bits per heavy atom. The molecule has 1 N–H and O–H groups in total. The first-order valence-corrected chi connectivity index (χ1v) is 5.27. The third kappa shape index (κ3) is 3.75. The number of allylic oxidation sites excluding steroid dienone is 1. The minimum atomic E-state index is 0.509. The van der Waals surface area contributed by atoms with Gasteiger partial charge in [0.1, 0.15) is 0 Å². The molecule has 1 aromatic carbocycles. The van der Waals surface area contributed by atoms with Crippen LogP contribution >= 0.6 is 0 Å². The monoisotopic (exact) mass is 189 g/mol. The highest BCUT2D eigenvalue weighted by atomic mass is 14.8. The SMILES string of the molecule is CCNC/C=C/C(C)c1ccccc1. The lowest BCUT2D eigenvalue weighted by atomic mass is 10.0. The van der Waals surface area contributed by atoms with Crippen molar-refractivity contribution >= 4 is 0 Å². The summed E-state index contributed by atoms with van der Waals surface area (Å²) in [7, 11) is 0. The normalized spacial score (nSPS) is 13.3. The third-order valence-electron chi connectivity index (χ3n) is 2.26. The first-order chi connectivity index (χ1) is 6.84. The van der Waals surface area contributed by atoms with E-state index in [1.165, 1.54) is 5.56 Å². The molecule has 14 heavy (non-hydrogen) atoms. The molecule has 0 fully saturated rings. The fraction of sp³-hybridized carbons (Fsp3) is 0.385. The summed E-state index contributed by atoms with van der Waals surface area (Å²) >= 11 is 0. The van der Waals surface area contributed by atoms with Gasteiger partial charge < -0.3 is 5.32 Å². The van der Waals surface area contributed by atoms with Gasteiger partial charge in [0.25, 0.3) is 0 Å². The van der Waals surface area contributed by atoms with Crippen LogP contribution in [0, 0.1) is 0 Å². The Morgan fingerprint density at radius 1 is 1.29 bits per heavy atom. The molecule has 0 heterocycles. The second-order valence-corrected chi connectivity index (χ2v) is 3.44. The quantitative estimate of drug-likeness (QED) is 0.554. The van der Waals surface area contributed by atoms with Crippen molar-refractivity contribution in [3.8, 4) is 0 Å². The maximum absolute atomic E-state index is 3.27. The molecule has 0 bridgehead atoms. The van der Waals surface area contributed by atoms with Crippen molar-refractivity contribution in [2.45, 2.75) is 19.8 Å². The van der Waals surface area contributed by atoms with E-state index in [4.69, 9.17) is 0 Å². The molecule has 1 nitrogen and oxygen atoms in total. The minimum Gasteiger partial charge on any atom is -0.314 e. The Balaban J connectivity index is 2.42. The van der Waals surface area contributed by atoms with Crippen molar-refractivity contribution in [2.24, 2.45) is 0 Å². The highest BCUT2D eigenvalue weighted by Gasteiger charge is 1.97. The van der Waals surface area contributed by atoms with E-state index in [0.29, 0.717) is 5.92 Å². The second kappa shape index (κ2) is 6.39. The summed E-state index contributed by atoms with van der Waals surface area (Å²) in [6, 6.07) is 10.6. The zero-order chi connectivity index (χ0) is 10.2. The zero-order valence-corrected chi connectivity index (χ0v) is 9.03. The van der Waals surface area contributed by atoms with Crippen LogP contribution in [0.4, 0.5) is 0 Å². The smallest absolute Gasteiger partial charge is 0.0134 e. The minimum absolute atomic E-state index is 0.509. The van der Waals surface area contributed by atoms with Gasteiger partial charge in [-0.2, -0.15) is 0 Å². The Kier molecular flexibility index (Phi) is 5.02. The summed E-state index contributed by atoms with van der Waals surface area (Å²) in [5, 5.41) is 3.27. The van der Waals surface area contributed by atoms with Gasteiger partial charge in [0, 0.05) is 6.54 Å². The molecule has 0 aliphatic rings. The number of rotatable bonds is 5. The molecular formula is C13H19N. The van der Waals surface area contributed by atoms with E-state index in [2.05, 4.69) is 61.6 Å². The molecule has 1 atom stereocenters. The number of benzene rings is 1. The largest absolute Gasteiger partial charge is 0.314 e. The number of likely N-dealkylation sites (N-methyl/N-ethyl adjacent to an activating group) is 1. The van der Waals surface area contributed by atoms with Crippen molar-refractivity contribution in [3.63, 3.8) is 0 Å². The molecule has 1 unspecified atom stereocenters. The van der Waals surface area contributed by atoms with Crippen LogP contribution < -0.4 is 5.32 Å². The Hall–Kier alpha value is -1.08. The standard InChI is InChI=1S/C13H19N/c1-3-14-11-7-8-12(2)13-9-5-4-6-10-13/h4-10,12,14H,3,11H2,1-2H3/b8-7+. The van der Waals surface area contributed by atoms with Crippen LogP contribution in [0.15, 0.2) is 42.5 Å². The fourth-order valence-electron chi connectivity index (χ4n) is 1.37. The van der Waals surface area contributed by atoms with Crippen molar-refractivity contribution in [1.29, 1.82) is 0 Å². The van der Waals surface area contributed by atoms with Crippen LogP contribution in [0.2, 0.25) is 0 Å². The molecule has 0 aromatic heterocycles. The first-order valence-electron chi connectivity index (χ1n) is 5.27. The van der Waals surface area contributed by atoms with E-state index in [1.807, 2.05) is 0 Å². The molecule has 0 aliphatic heterocycles. The maximum atomic E-state index is 3.27. The van der Waals surface area contributed by atoms with Crippen molar-refractivity contribution < 1.29 is 0 Å². The average molecular weight is 189 g/mol. The molecule has 0 saturated heterocycles. The Bertz CT molecular complexity index is 264. The van der Waals surface area contributed by atoms with Gasteiger partial charge in [0.15, 0.2) is 0 Å². The van der Waals surface area contributed by atoms with Gasteiger partial charge >= 0.3 is 0 Å². The van der Waals surface area contributed by atoms with Crippen molar-refractivity contribution in [1.82, 2.24) is 5.32 Å². The van der Waals surface area contributed by atoms with Gasteiger partial charge in [-0.15, -0.1) is 0 Å². The van der Waals surface area contributed by atoms with Gasteiger partial charge in [0.05, 0.1) is 0 Å². The molecule has 0 saturated carbocycles. The predicted octanol–water partition coefficient (Wildman–Crippen LogP) is 2.96. The lowest BCUT2D eigenvalue weighted by molar-refractivity contribution is 0.794. The summed E-state index contributed by atoms with van der Waals surface area (Å²) in [4.78, 5) is 0. The van der Waals surface area contributed by atoms with E-state index >= 15 is 0 Å². The zero-order valence-electron chi connectivity index (χ0n) is 9.03. The van der Waals surface area contributed by atoms with Gasteiger partial charge in [0.2, 0.25) is 0 Å². The van der Waals surface area contributed by atoms with Crippen LogP contribution in [0.25, 0.3) is 0 Å². The lowest BCUT2D eigenvalue weighted by Crippen LogP contribution is -2.11. The van der Waals surface area contributed by atoms with Crippen LogP contribution in [0.5, 0.6) is 0 Å². The highest BCUT2D eigenvalue weighted by molar-refractivity contribution is 5.22. The molecule has 0 amide bonds. The highest BCUT2D eigenvalue weighted by Crippen LogP contribution is 2.15. The van der Waals surface area contributed by atoms with E-state index < -0.39 is 0 Å². The molecular weight excluding hydrogens is 170 g/mol. The average Bonchev–Trinajstić information content (AvgIpc) is 2.25. The van der Waals surface area contributed by atoms with Gasteiger partial charge in [-0.1, -0.05) is 56.3 Å². The summed E-state index contributed by atoms with van der Waals surface area (Å²) in [5.74, 6) is 0.509. The second-order valence-electron chi connectivity index (χ2n) is 3.44. The Morgan fingerprint density at radius 2 is 2.00 bits per heavy atom. The molecule has 0 radical (unpaired) electrons. The van der Waals surface area contributed by atoms with Crippen LogP contribution in [-0.4, -0.2) is 13.1 Å². The van der Waals surface area contributed by atoms with Crippen LogP contribution in [0.3, 0.4) is 0 Å². The third-order valence-corrected chi connectivity index (χ3v) is 2.26. The van der Waals surface area contributed by atoms with E-state index in [-0.39, 0.29) is 0 Å². The molecule has 1 aromatic rings. The van der Waals surface area contributed by atoms with E-state index in [1.54, 1.807) is 0 Å². The van der Waals surface area contributed by atoms with Crippen LogP contribution in [-0.2, 0) is 0 Å². The molecule has 76 valence electrons. The molecule has 1 rings (SSSR count). The number of hydrogen-bond acceptors (Lipinski definition) is 1. The van der Waals surface area contributed by atoms with E-state index in [0.717, 1.165) is 13.1 Å². The van der Waals surface area contributed by atoms with Gasteiger partial charge in [-0.3, -0.25) is 0 Å². The van der Waals surface area contributed by atoms with Crippen molar-refractivity contribution in [2.75, 3.05) is 13.1 Å². The summed E-state index contributed by atoms with van der Waals surface area (Å²) in [6.07, 6.45) is 4.44. The van der Waals surface area contributed by atoms with E-state index in [9.17, 15) is 0 Å². The molecule has 1 heteroatoms. The fourth-order valence-corrected chi connectivity index (χ4v) is 1.37. The number of nitrogens with one attached hydrogen (secondary N) is 1. The Labute approximate surface area is 86.8 Å². The maximum Gasteiger partial charge on any atom is 0.0134 e. The molecule has 0 spiro atoms. The van der Waals surface area contributed by atoms with Crippen molar-refractivity contribution in [3.05, 3.63) is 48.0 Å². The van der Waals surface area contributed by atoms with Crippen LogP contribution in [0.1, 0.15) is 25.3 Å². The predicted molar refractivity (Wildman–Crippen MR) is 62.5 cm³/mol. The topological polar surface area (TPSA) is 12.0 Å². The first kappa shape index (κ1) is 11.0.